The molecule has 0 aromatic heterocycles. The number of hydrogen-bond acceptors (Lipinski definition) is 3. The highest BCUT2D eigenvalue weighted by molar-refractivity contribution is 5.95. The molecule has 1 aromatic rings. The van der Waals surface area contributed by atoms with Crippen LogP contribution in [0.4, 0.5) is 4.39 Å². The van der Waals surface area contributed by atoms with Crippen molar-refractivity contribution in [3.05, 3.63) is 47.8 Å². The van der Waals surface area contributed by atoms with E-state index in [9.17, 15) is 18.8 Å². The minimum atomic E-state index is -0.640. The molecule has 1 aromatic carbocycles. The second kappa shape index (κ2) is 9.85. The van der Waals surface area contributed by atoms with E-state index in [1.807, 2.05) is 13.0 Å². The Morgan fingerprint density at radius 1 is 1.22 bits per heavy atom. The predicted octanol–water partition coefficient (Wildman–Crippen LogP) is 2.02. The number of amides is 3. The number of likely N-dealkylation sites (N-methyl/N-ethyl adjacent to an activating group) is 1. The zero-order valence-electron chi connectivity index (χ0n) is 15.7. The first-order chi connectivity index (χ1) is 13.0. The van der Waals surface area contributed by atoms with E-state index in [-0.39, 0.29) is 30.3 Å². The highest BCUT2D eigenvalue weighted by Crippen LogP contribution is 2.20. The minimum absolute atomic E-state index is 0.0530. The van der Waals surface area contributed by atoms with Crippen LogP contribution in [0.1, 0.15) is 43.5 Å². The van der Waals surface area contributed by atoms with Crippen LogP contribution >= 0.6 is 0 Å². The molecule has 27 heavy (non-hydrogen) atoms. The van der Waals surface area contributed by atoms with Gasteiger partial charge >= 0.3 is 0 Å². The van der Waals surface area contributed by atoms with Crippen LogP contribution in [-0.2, 0) is 9.59 Å². The number of nitrogens with zero attached hydrogens (tertiary/aromatic N) is 1. The molecule has 0 unspecified atom stereocenters. The highest BCUT2D eigenvalue weighted by Gasteiger charge is 2.39. The Morgan fingerprint density at radius 3 is 2.63 bits per heavy atom. The van der Waals surface area contributed by atoms with Crippen molar-refractivity contribution in [2.24, 2.45) is 0 Å². The fourth-order valence-electron chi connectivity index (χ4n) is 3.13. The molecule has 2 atom stereocenters. The lowest BCUT2D eigenvalue weighted by molar-refractivity contribution is -0.137. The highest BCUT2D eigenvalue weighted by atomic mass is 19.1. The Morgan fingerprint density at radius 2 is 1.96 bits per heavy atom. The van der Waals surface area contributed by atoms with Gasteiger partial charge < -0.3 is 15.5 Å². The van der Waals surface area contributed by atoms with Crippen LogP contribution in [0, 0.1) is 5.82 Å². The lowest BCUT2D eigenvalue weighted by Gasteiger charge is -2.23. The summed E-state index contributed by atoms with van der Waals surface area (Å²) in [5.74, 6) is -1.56. The molecule has 0 radical (unpaired) electrons. The summed E-state index contributed by atoms with van der Waals surface area (Å²) in [6, 6.07) is 4.66. The van der Waals surface area contributed by atoms with Gasteiger partial charge in [-0.3, -0.25) is 14.4 Å². The molecule has 1 aliphatic rings. The monoisotopic (exact) mass is 375 g/mol. The van der Waals surface area contributed by atoms with Crippen molar-refractivity contribution in [3.63, 3.8) is 0 Å². The van der Waals surface area contributed by atoms with Crippen LogP contribution in [0.15, 0.2) is 36.4 Å². The third-order valence-corrected chi connectivity index (χ3v) is 4.42. The van der Waals surface area contributed by atoms with Crippen molar-refractivity contribution in [2.45, 2.75) is 45.2 Å². The van der Waals surface area contributed by atoms with E-state index in [2.05, 4.69) is 10.6 Å². The molecule has 7 heteroatoms. The van der Waals surface area contributed by atoms with Gasteiger partial charge in [-0.25, -0.2) is 4.39 Å². The van der Waals surface area contributed by atoms with Crippen LogP contribution in [0.2, 0.25) is 0 Å². The van der Waals surface area contributed by atoms with E-state index in [4.69, 9.17) is 0 Å². The van der Waals surface area contributed by atoms with Gasteiger partial charge in [0.15, 0.2) is 0 Å². The fraction of sp³-hybridized carbons (Fsp3) is 0.450. The standard InChI is InChI=1S/C20H26FN3O3/c1-3-5-6-11-18(25)24-13-14(12-17(24)20(27)22-4-2)23-19(26)15-9-7-8-10-16(15)21/h5-10,14,17H,3-4,11-13H2,1-2H3,(H,22,27)(H,23,26)/t14-,17+/m1/s1. The van der Waals surface area contributed by atoms with E-state index in [1.54, 1.807) is 19.1 Å². The Kier molecular flexibility index (Phi) is 7.52. The van der Waals surface area contributed by atoms with Crippen LogP contribution in [0.5, 0.6) is 0 Å². The van der Waals surface area contributed by atoms with E-state index >= 15 is 0 Å². The summed E-state index contributed by atoms with van der Waals surface area (Å²) in [7, 11) is 0. The van der Waals surface area contributed by atoms with E-state index in [1.165, 1.54) is 23.1 Å². The average Bonchev–Trinajstić information content (AvgIpc) is 3.06. The normalized spacial score (nSPS) is 19.3. The summed E-state index contributed by atoms with van der Waals surface area (Å²) in [5.41, 5.74) is -0.0530. The van der Waals surface area contributed by atoms with E-state index < -0.39 is 23.8 Å². The van der Waals surface area contributed by atoms with Crippen LogP contribution in [0.3, 0.4) is 0 Å². The number of carbonyl (C=O) groups is 3. The van der Waals surface area contributed by atoms with Gasteiger partial charge in [0, 0.05) is 25.6 Å². The topological polar surface area (TPSA) is 78.5 Å². The predicted molar refractivity (Wildman–Crippen MR) is 101 cm³/mol. The zero-order valence-corrected chi connectivity index (χ0v) is 15.7. The molecular weight excluding hydrogens is 349 g/mol. The van der Waals surface area contributed by atoms with Gasteiger partial charge in [0.05, 0.1) is 5.56 Å². The lowest BCUT2D eigenvalue weighted by atomic mass is 10.1. The second-order valence-electron chi connectivity index (χ2n) is 6.43. The number of carbonyl (C=O) groups excluding carboxylic acids is 3. The van der Waals surface area contributed by atoms with Gasteiger partial charge in [-0.2, -0.15) is 0 Å². The van der Waals surface area contributed by atoms with Gasteiger partial charge in [-0.15, -0.1) is 0 Å². The van der Waals surface area contributed by atoms with Gasteiger partial charge in [0.1, 0.15) is 11.9 Å². The van der Waals surface area contributed by atoms with Crippen molar-refractivity contribution in [1.82, 2.24) is 15.5 Å². The molecule has 2 rings (SSSR count). The zero-order chi connectivity index (χ0) is 19.8. The molecule has 0 spiro atoms. The third-order valence-electron chi connectivity index (χ3n) is 4.42. The summed E-state index contributed by atoms with van der Waals surface area (Å²) in [4.78, 5) is 38.7. The van der Waals surface area contributed by atoms with Crippen LogP contribution in [-0.4, -0.2) is 47.8 Å². The van der Waals surface area contributed by atoms with Crippen molar-refractivity contribution in [3.8, 4) is 0 Å². The molecule has 1 aliphatic heterocycles. The number of likely N-dealkylation sites (tertiary alicyclic amines) is 1. The molecular formula is C20H26FN3O3. The molecule has 0 aliphatic carbocycles. The molecule has 6 nitrogen and oxygen atoms in total. The molecule has 2 N–H and O–H groups in total. The molecule has 0 saturated carbocycles. The molecule has 0 bridgehead atoms. The number of benzene rings is 1. The summed E-state index contributed by atoms with van der Waals surface area (Å²) in [6.45, 7) is 4.46. The Labute approximate surface area is 158 Å². The molecule has 3 amide bonds. The summed E-state index contributed by atoms with van der Waals surface area (Å²) in [5, 5.41) is 5.47. The smallest absolute Gasteiger partial charge is 0.254 e. The largest absolute Gasteiger partial charge is 0.355 e. The SMILES string of the molecule is CCC=CCC(=O)N1C[C@H](NC(=O)c2ccccc2F)C[C@H]1C(=O)NCC. The van der Waals surface area contributed by atoms with Gasteiger partial charge in [-0.1, -0.05) is 31.2 Å². The first kappa shape index (κ1) is 20.6. The van der Waals surface area contributed by atoms with E-state index in [0.29, 0.717) is 13.0 Å². The summed E-state index contributed by atoms with van der Waals surface area (Å²) < 4.78 is 13.8. The lowest BCUT2D eigenvalue weighted by Crippen LogP contribution is -2.45. The van der Waals surface area contributed by atoms with Gasteiger partial charge in [-0.05, 0) is 31.9 Å². The van der Waals surface area contributed by atoms with Crippen molar-refractivity contribution < 1.29 is 18.8 Å². The third kappa shape index (κ3) is 5.39. The maximum Gasteiger partial charge on any atom is 0.254 e. The Balaban J connectivity index is 2.09. The van der Waals surface area contributed by atoms with Crippen LogP contribution < -0.4 is 10.6 Å². The molecule has 146 valence electrons. The molecule has 1 heterocycles. The maximum absolute atomic E-state index is 13.8. The summed E-state index contributed by atoms with van der Waals surface area (Å²) in [6.07, 6.45) is 5.01. The quantitative estimate of drug-likeness (QED) is 0.716. The fourth-order valence-corrected chi connectivity index (χ4v) is 3.13. The second-order valence-corrected chi connectivity index (χ2v) is 6.43. The first-order valence-corrected chi connectivity index (χ1v) is 9.25. The van der Waals surface area contributed by atoms with Crippen molar-refractivity contribution in [2.75, 3.05) is 13.1 Å². The number of allylic oxidation sites excluding steroid dienone is 1. The maximum atomic E-state index is 13.8. The van der Waals surface area contributed by atoms with Crippen LogP contribution in [0.25, 0.3) is 0 Å². The number of nitrogens with one attached hydrogen (secondary N) is 2. The Hall–Kier alpha value is -2.70. The average molecular weight is 375 g/mol. The van der Waals surface area contributed by atoms with Gasteiger partial charge in [0.2, 0.25) is 11.8 Å². The van der Waals surface area contributed by atoms with Crippen molar-refractivity contribution >= 4 is 17.7 Å². The Bertz CT molecular complexity index is 720. The summed E-state index contributed by atoms with van der Waals surface area (Å²) >= 11 is 0. The number of hydrogen-bond donors (Lipinski definition) is 2. The van der Waals surface area contributed by atoms with Crippen molar-refractivity contribution in [1.29, 1.82) is 0 Å². The molecule has 1 fully saturated rings. The number of halogens is 1. The minimum Gasteiger partial charge on any atom is -0.355 e. The molecule has 1 saturated heterocycles. The van der Waals surface area contributed by atoms with Gasteiger partial charge in [0.25, 0.3) is 5.91 Å². The van der Waals surface area contributed by atoms with E-state index in [0.717, 1.165) is 6.42 Å². The first-order valence-electron chi connectivity index (χ1n) is 9.25. The number of rotatable bonds is 7.